The Bertz CT molecular complexity index is 996. The lowest BCUT2D eigenvalue weighted by Crippen LogP contribution is -2.72. The first-order valence-electron chi connectivity index (χ1n) is 13.1. The standard InChI is InChI=1S/C28H40O8/c1-7-17(4)25(32)34-22-21-18(14-29)9-8-10-19(21)26(5)11-12-28(13-20(30)33-15-28)36-27(26,6)23(22)35-24(31)16(2)3/h7,16,19,22-23,29H,8-15H2,1-6H3/b17-7-/t19-,22+,23-,26+,27-,28-/m0/s1. The molecule has 8 nitrogen and oxygen atoms in total. The van der Waals surface area contributed by atoms with Gasteiger partial charge in [-0.1, -0.05) is 26.8 Å². The van der Waals surface area contributed by atoms with E-state index in [-0.39, 0.29) is 31.5 Å². The summed E-state index contributed by atoms with van der Waals surface area (Å²) in [5.74, 6) is -1.67. The average Bonchev–Trinajstić information content (AvgIpc) is 3.21. The molecule has 2 aliphatic heterocycles. The highest BCUT2D eigenvalue weighted by atomic mass is 16.6. The molecule has 4 aliphatic rings. The van der Waals surface area contributed by atoms with Gasteiger partial charge in [-0.2, -0.15) is 0 Å². The van der Waals surface area contributed by atoms with E-state index >= 15 is 0 Å². The van der Waals surface area contributed by atoms with Gasteiger partial charge in [-0.05, 0) is 69.9 Å². The van der Waals surface area contributed by atoms with Crippen molar-refractivity contribution in [3.8, 4) is 0 Å². The Morgan fingerprint density at radius 1 is 1.22 bits per heavy atom. The number of carbonyl (C=O) groups is 3. The number of aliphatic hydroxyl groups is 1. The van der Waals surface area contributed by atoms with E-state index in [1.165, 1.54) is 0 Å². The van der Waals surface area contributed by atoms with Crippen LogP contribution in [0.25, 0.3) is 0 Å². The second kappa shape index (κ2) is 9.60. The van der Waals surface area contributed by atoms with Gasteiger partial charge in [0.2, 0.25) is 0 Å². The second-order valence-electron chi connectivity index (χ2n) is 11.6. The molecule has 3 fully saturated rings. The third kappa shape index (κ3) is 4.20. The van der Waals surface area contributed by atoms with Crippen molar-refractivity contribution in [1.29, 1.82) is 0 Å². The quantitative estimate of drug-likeness (QED) is 0.261. The lowest BCUT2D eigenvalue weighted by molar-refractivity contribution is -0.310. The molecule has 0 aromatic rings. The zero-order valence-electron chi connectivity index (χ0n) is 22.3. The topological polar surface area (TPSA) is 108 Å². The fourth-order valence-electron chi connectivity index (χ4n) is 6.70. The van der Waals surface area contributed by atoms with Crippen molar-refractivity contribution >= 4 is 17.9 Å². The highest BCUT2D eigenvalue weighted by Crippen LogP contribution is 2.64. The van der Waals surface area contributed by atoms with E-state index in [1.807, 2.05) is 6.92 Å². The van der Waals surface area contributed by atoms with Crippen LogP contribution in [-0.4, -0.2) is 59.6 Å². The van der Waals surface area contributed by atoms with E-state index in [0.717, 1.165) is 30.4 Å². The zero-order valence-corrected chi connectivity index (χ0v) is 22.3. The van der Waals surface area contributed by atoms with Crippen LogP contribution in [0.15, 0.2) is 22.8 Å². The Morgan fingerprint density at radius 2 is 1.94 bits per heavy atom. The number of hydrogen-bond donors (Lipinski definition) is 1. The molecule has 200 valence electrons. The molecule has 1 spiro atoms. The van der Waals surface area contributed by atoms with E-state index in [9.17, 15) is 19.5 Å². The molecule has 8 heteroatoms. The minimum atomic E-state index is -1.06. The molecule has 0 amide bonds. The molecule has 1 saturated carbocycles. The lowest BCUT2D eigenvalue weighted by Gasteiger charge is -2.65. The number of esters is 3. The Balaban J connectivity index is 1.90. The molecule has 0 bridgehead atoms. The first-order valence-corrected chi connectivity index (χ1v) is 13.1. The largest absolute Gasteiger partial charge is 0.463 e. The monoisotopic (exact) mass is 504 g/mol. The fraction of sp³-hybridized carbons (Fsp3) is 0.750. The summed E-state index contributed by atoms with van der Waals surface area (Å²) >= 11 is 0. The Hall–Kier alpha value is -2.19. The number of hydrogen-bond acceptors (Lipinski definition) is 8. The molecule has 2 heterocycles. The van der Waals surface area contributed by atoms with Crippen LogP contribution in [-0.2, 0) is 33.3 Å². The molecule has 2 saturated heterocycles. The van der Waals surface area contributed by atoms with Gasteiger partial charge >= 0.3 is 17.9 Å². The van der Waals surface area contributed by atoms with Crippen LogP contribution in [0.5, 0.6) is 0 Å². The third-order valence-electron chi connectivity index (χ3n) is 9.17. The Labute approximate surface area is 213 Å². The highest BCUT2D eigenvalue weighted by molar-refractivity contribution is 5.88. The van der Waals surface area contributed by atoms with Crippen LogP contribution in [0.1, 0.15) is 80.1 Å². The third-order valence-corrected chi connectivity index (χ3v) is 9.17. The highest BCUT2D eigenvalue weighted by Gasteiger charge is 2.70. The average molecular weight is 505 g/mol. The van der Waals surface area contributed by atoms with Crippen LogP contribution in [0.3, 0.4) is 0 Å². The van der Waals surface area contributed by atoms with Gasteiger partial charge in [0, 0.05) is 11.0 Å². The predicted molar refractivity (Wildman–Crippen MR) is 131 cm³/mol. The van der Waals surface area contributed by atoms with E-state index < -0.39 is 46.7 Å². The van der Waals surface area contributed by atoms with Crippen LogP contribution in [0.4, 0.5) is 0 Å². The second-order valence-corrected chi connectivity index (χ2v) is 11.6. The summed E-state index contributed by atoms with van der Waals surface area (Å²) < 4.78 is 24.6. The number of allylic oxidation sites excluding steroid dienone is 1. The van der Waals surface area contributed by atoms with Gasteiger partial charge in [-0.15, -0.1) is 0 Å². The smallest absolute Gasteiger partial charge is 0.334 e. The van der Waals surface area contributed by atoms with E-state index in [2.05, 4.69) is 6.92 Å². The van der Waals surface area contributed by atoms with Crippen molar-refractivity contribution in [2.45, 2.75) is 103 Å². The van der Waals surface area contributed by atoms with Gasteiger partial charge in [-0.3, -0.25) is 9.59 Å². The first kappa shape index (κ1) is 26.9. The predicted octanol–water partition coefficient (Wildman–Crippen LogP) is 3.80. The number of carbonyl (C=O) groups excluding carboxylic acids is 3. The van der Waals surface area contributed by atoms with E-state index in [4.69, 9.17) is 18.9 Å². The minimum Gasteiger partial charge on any atom is -0.463 e. The molecule has 0 aromatic carbocycles. The first-order chi connectivity index (χ1) is 16.9. The van der Waals surface area contributed by atoms with Crippen molar-refractivity contribution in [2.75, 3.05) is 13.2 Å². The number of rotatable bonds is 5. The molecule has 0 aromatic heterocycles. The summed E-state index contributed by atoms with van der Waals surface area (Å²) in [5.41, 5.74) is -0.212. The summed E-state index contributed by atoms with van der Waals surface area (Å²) in [7, 11) is 0. The number of cyclic esters (lactones) is 1. The maximum atomic E-state index is 13.1. The maximum Gasteiger partial charge on any atom is 0.334 e. The van der Waals surface area contributed by atoms with Gasteiger partial charge in [0.25, 0.3) is 0 Å². The molecule has 4 rings (SSSR count). The zero-order chi connectivity index (χ0) is 26.5. The summed E-state index contributed by atoms with van der Waals surface area (Å²) in [4.78, 5) is 38.3. The summed E-state index contributed by atoms with van der Waals surface area (Å²) in [6.07, 6.45) is 3.75. The normalized spacial score (nSPS) is 38.5. The van der Waals surface area contributed by atoms with Crippen molar-refractivity contribution < 1.29 is 38.4 Å². The Morgan fingerprint density at radius 3 is 2.53 bits per heavy atom. The number of ether oxygens (including phenoxy) is 4. The molecular weight excluding hydrogens is 464 g/mol. The molecule has 6 atom stereocenters. The van der Waals surface area contributed by atoms with Gasteiger partial charge in [-0.25, -0.2) is 4.79 Å². The van der Waals surface area contributed by atoms with Crippen LogP contribution < -0.4 is 0 Å². The van der Waals surface area contributed by atoms with E-state index in [1.54, 1.807) is 33.8 Å². The SMILES string of the molecule is C/C=C(/C)C(=O)O[C@@H]1C2=C(CO)CCC[C@@H]2[C@@]2(C)CC[C@]3(COC(=O)C3)O[C@@]2(C)[C@H]1OC(=O)C(C)C. The van der Waals surface area contributed by atoms with Crippen molar-refractivity contribution in [3.05, 3.63) is 22.8 Å². The van der Waals surface area contributed by atoms with Gasteiger partial charge in [0.05, 0.1) is 18.9 Å². The molecular formula is C28H40O8. The van der Waals surface area contributed by atoms with Crippen LogP contribution in [0.2, 0.25) is 0 Å². The summed E-state index contributed by atoms with van der Waals surface area (Å²) in [6.45, 7) is 11.0. The van der Waals surface area contributed by atoms with Gasteiger partial charge in [0.1, 0.15) is 17.8 Å². The van der Waals surface area contributed by atoms with Gasteiger partial charge in [0.15, 0.2) is 12.2 Å². The molecule has 0 unspecified atom stereocenters. The van der Waals surface area contributed by atoms with Crippen LogP contribution in [0, 0.1) is 17.3 Å². The summed E-state index contributed by atoms with van der Waals surface area (Å²) in [5, 5.41) is 10.3. The lowest BCUT2D eigenvalue weighted by atomic mass is 9.49. The molecule has 36 heavy (non-hydrogen) atoms. The minimum absolute atomic E-state index is 0.0357. The maximum absolute atomic E-state index is 13.1. The van der Waals surface area contributed by atoms with Crippen molar-refractivity contribution in [2.24, 2.45) is 17.3 Å². The molecule has 2 aliphatic carbocycles. The fourth-order valence-corrected chi connectivity index (χ4v) is 6.70. The molecule has 0 radical (unpaired) electrons. The Kier molecular flexibility index (Phi) is 7.16. The number of aliphatic hydroxyl groups excluding tert-OH is 1. The van der Waals surface area contributed by atoms with Crippen molar-refractivity contribution in [1.82, 2.24) is 0 Å². The van der Waals surface area contributed by atoms with E-state index in [0.29, 0.717) is 18.4 Å². The molecule has 1 N–H and O–H groups in total. The summed E-state index contributed by atoms with van der Waals surface area (Å²) in [6, 6.07) is 0. The van der Waals surface area contributed by atoms with Gasteiger partial charge < -0.3 is 24.1 Å². The van der Waals surface area contributed by atoms with Crippen molar-refractivity contribution in [3.63, 3.8) is 0 Å². The van der Waals surface area contributed by atoms with Crippen LogP contribution >= 0.6 is 0 Å². The number of fused-ring (bicyclic) bond motifs is 3.